The number of imidazole rings is 1. The van der Waals surface area contributed by atoms with Gasteiger partial charge in [0.05, 0.1) is 35.7 Å². The minimum Gasteiger partial charge on any atom is -0.493 e. The first-order valence-electron chi connectivity index (χ1n) is 6.59. The highest BCUT2D eigenvalue weighted by Gasteiger charge is 2.17. The van der Waals surface area contributed by atoms with E-state index in [2.05, 4.69) is 25.9 Å². The van der Waals surface area contributed by atoms with Crippen molar-refractivity contribution >= 4 is 32.7 Å². The Labute approximate surface area is 139 Å². The van der Waals surface area contributed by atoms with E-state index in [0.717, 1.165) is 4.47 Å². The molecule has 0 fully saturated rings. The van der Waals surface area contributed by atoms with E-state index in [0.29, 0.717) is 33.9 Å². The number of H-pyrrole nitrogens is 1. The summed E-state index contributed by atoms with van der Waals surface area (Å²) in [6.45, 7) is 0. The van der Waals surface area contributed by atoms with Crippen molar-refractivity contribution < 1.29 is 14.4 Å². The molecule has 2 aromatic carbocycles. The van der Waals surface area contributed by atoms with Crippen LogP contribution in [0.5, 0.6) is 11.5 Å². The fourth-order valence-corrected chi connectivity index (χ4v) is 2.78. The number of nitro benzene ring substituents is 1. The number of benzene rings is 2. The number of aromatic nitrogens is 2. The number of hydrogen-bond acceptors (Lipinski definition) is 5. The van der Waals surface area contributed by atoms with Gasteiger partial charge in [-0.1, -0.05) is 15.9 Å². The molecule has 0 spiro atoms. The molecular weight excluding hydrogens is 366 g/mol. The molecule has 3 rings (SSSR count). The monoisotopic (exact) mass is 377 g/mol. The van der Waals surface area contributed by atoms with Crippen LogP contribution in [0.25, 0.3) is 22.4 Å². The number of aromatic amines is 1. The average Bonchev–Trinajstić information content (AvgIpc) is 2.96. The number of nitrogens with one attached hydrogen (secondary N) is 1. The van der Waals surface area contributed by atoms with Crippen molar-refractivity contribution in [2.24, 2.45) is 0 Å². The van der Waals surface area contributed by atoms with Gasteiger partial charge in [-0.25, -0.2) is 4.98 Å². The molecule has 0 aliphatic heterocycles. The van der Waals surface area contributed by atoms with Crippen molar-refractivity contribution in [1.29, 1.82) is 0 Å². The molecule has 118 valence electrons. The average molecular weight is 378 g/mol. The summed E-state index contributed by atoms with van der Waals surface area (Å²) in [6.07, 6.45) is 0. The van der Waals surface area contributed by atoms with Crippen LogP contribution in [0.15, 0.2) is 34.8 Å². The van der Waals surface area contributed by atoms with E-state index in [4.69, 9.17) is 9.47 Å². The molecule has 3 aromatic rings. The summed E-state index contributed by atoms with van der Waals surface area (Å²) < 4.78 is 11.5. The molecule has 8 heteroatoms. The molecule has 0 atom stereocenters. The third-order valence-corrected chi connectivity index (χ3v) is 3.83. The van der Waals surface area contributed by atoms with Gasteiger partial charge in [-0.15, -0.1) is 0 Å². The van der Waals surface area contributed by atoms with Gasteiger partial charge in [0.25, 0.3) is 5.69 Å². The summed E-state index contributed by atoms with van der Waals surface area (Å²) in [5, 5.41) is 10.9. The summed E-state index contributed by atoms with van der Waals surface area (Å²) in [7, 11) is 3.10. The third-order valence-electron chi connectivity index (χ3n) is 3.38. The summed E-state index contributed by atoms with van der Waals surface area (Å²) in [4.78, 5) is 18.0. The van der Waals surface area contributed by atoms with Crippen LogP contribution in [0.3, 0.4) is 0 Å². The van der Waals surface area contributed by atoms with Crippen LogP contribution in [-0.4, -0.2) is 29.1 Å². The first-order valence-corrected chi connectivity index (χ1v) is 7.39. The Morgan fingerprint density at radius 2 is 2.00 bits per heavy atom. The van der Waals surface area contributed by atoms with E-state index in [9.17, 15) is 10.1 Å². The number of non-ortho nitro benzene ring substituents is 1. The minimum absolute atomic E-state index is 0.00601. The van der Waals surface area contributed by atoms with Gasteiger partial charge >= 0.3 is 0 Å². The molecule has 0 bridgehead atoms. The first-order chi connectivity index (χ1) is 11.0. The molecule has 1 aromatic heterocycles. The number of methoxy groups -OCH3 is 2. The van der Waals surface area contributed by atoms with E-state index >= 15 is 0 Å². The van der Waals surface area contributed by atoms with Gasteiger partial charge in [0.2, 0.25) is 0 Å². The van der Waals surface area contributed by atoms with Gasteiger partial charge in [-0.3, -0.25) is 10.1 Å². The van der Waals surface area contributed by atoms with Crippen LogP contribution in [0.2, 0.25) is 0 Å². The molecule has 23 heavy (non-hydrogen) atoms. The molecule has 0 saturated heterocycles. The van der Waals surface area contributed by atoms with Crippen molar-refractivity contribution in [3.8, 4) is 22.9 Å². The van der Waals surface area contributed by atoms with E-state index in [1.807, 2.05) is 6.07 Å². The summed E-state index contributed by atoms with van der Waals surface area (Å²) in [5.74, 6) is 1.63. The van der Waals surface area contributed by atoms with E-state index < -0.39 is 4.92 Å². The SMILES string of the molecule is COc1cc(Br)cc(-c2nc3ccc([N+](=O)[O-])cc3[nH]2)c1OC. The van der Waals surface area contributed by atoms with Gasteiger partial charge < -0.3 is 14.5 Å². The summed E-state index contributed by atoms with van der Waals surface area (Å²) in [6, 6.07) is 8.11. The lowest BCUT2D eigenvalue weighted by molar-refractivity contribution is -0.384. The van der Waals surface area contributed by atoms with Crippen LogP contribution in [0.1, 0.15) is 0 Å². The van der Waals surface area contributed by atoms with Gasteiger partial charge in [-0.2, -0.15) is 0 Å². The molecule has 7 nitrogen and oxygen atoms in total. The molecular formula is C15H12BrN3O4. The maximum absolute atomic E-state index is 10.9. The molecule has 0 aliphatic rings. The van der Waals surface area contributed by atoms with Crippen molar-refractivity contribution in [1.82, 2.24) is 9.97 Å². The molecule has 1 N–H and O–H groups in total. The first kappa shape index (κ1) is 15.3. The molecule has 1 heterocycles. The predicted molar refractivity (Wildman–Crippen MR) is 89.0 cm³/mol. The number of rotatable bonds is 4. The van der Waals surface area contributed by atoms with E-state index in [1.165, 1.54) is 12.1 Å². The zero-order valence-corrected chi connectivity index (χ0v) is 13.9. The molecule has 0 unspecified atom stereocenters. The Hall–Kier alpha value is -2.61. The Morgan fingerprint density at radius 3 is 2.65 bits per heavy atom. The Morgan fingerprint density at radius 1 is 1.22 bits per heavy atom. The highest BCUT2D eigenvalue weighted by atomic mass is 79.9. The fourth-order valence-electron chi connectivity index (χ4n) is 2.35. The molecule has 0 saturated carbocycles. The molecule has 0 aliphatic carbocycles. The minimum atomic E-state index is -0.442. The second-order valence-corrected chi connectivity index (χ2v) is 5.65. The van der Waals surface area contributed by atoms with Crippen LogP contribution < -0.4 is 9.47 Å². The topological polar surface area (TPSA) is 90.3 Å². The smallest absolute Gasteiger partial charge is 0.271 e. The lowest BCUT2D eigenvalue weighted by atomic mass is 10.1. The lowest BCUT2D eigenvalue weighted by Crippen LogP contribution is -1.94. The normalized spacial score (nSPS) is 10.7. The highest BCUT2D eigenvalue weighted by molar-refractivity contribution is 9.10. The van der Waals surface area contributed by atoms with Gasteiger partial charge in [0.15, 0.2) is 11.5 Å². The predicted octanol–water partition coefficient (Wildman–Crippen LogP) is 3.92. The zero-order chi connectivity index (χ0) is 16.6. The second-order valence-electron chi connectivity index (χ2n) is 4.73. The maximum atomic E-state index is 10.9. The van der Waals surface area contributed by atoms with E-state index in [1.54, 1.807) is 26.4 Å². The number of ether oxygens (including phenoxy) is 2. The van der Waals surface area contributed by atoms with Crippen molar-refractivity contribution in [3.63, 3.8) is 0 Å². The lowest BCUT2D eigenvalue weighted by Gasteiger charge is -2.11. The van der Waals surface area contributed by atoms with Crippen molar-refractivity contribution in [2.45, 2.75) is 0 Å². The van der Waals surface area contributed by atoms with Crippen LogP contribution in [0, 0.1) is 10.1 Å². The number of nitro groups is 1. The largest absolute Gasteiger partial charge is 0.493 e. The van der Waals surface area contributed by atoms with Gasteiger partial charge in [0.1, 0.15) is 5.82 Å². The standard InChI is InChI=1S/C15H12BrN3O4/c1-22-13-6-8(16)5-10(14(13)23-2)15-17-11-4-3-9(19(20)21)7-12(11)18-15/h3-7H,1-2H3,(H,17,18). The van der Waals surface area contributed by atoms with Crippen molar-refractivity contribution in [2.75, 3.05) is 14.2 Å². The number of halogens is 1. The Balaban J connectivity index is 2.20. The third kappa shape index (κ3) is 2.72. The van der Waals surface area contributed by atoms with Gasteiger partial charge in [-0.05, 0) is 18.2 Å². The van der Waals surface area contributed by atoms with Crippen LogP contribution in [0.4, 0.5) is 5.69 Å². The molecule has 0 radical (unpaired) electrons. The fraction of sp³-hybridized carbons (Fsp3) is 0.133. The number of fused-ring (bicyclic) bond motifs is 1. The van der Waals surface area contributed by atoms with Crippen LogP contribution >= 0.6 is 15.9 Å². The maximum Gasteiger partial charge on any atom is 0.271 e. The van der Waals surface area contributed by atoms with Gasteiger partial charge in [0, 0.05) is 16.6 Å². The quantitative estimate of drug-likeness (QED) is 0.549. The second kappa shape index (κ2) is 5.88. The van der Waals surface area contributed by atoms with Crippen LogP contribution in [-0.2, 0) is 0 Å². The Bertz CT molecular complexity index is 907. The zero-order valence-electron chi connectivity index (χ0n) is 12.3. The number of hydrogen-bond donors (Lipinski definition) is 1. The van der Waals surface area contributed by atoms with Crippen molar-refractivity contribution in [3.05, 3.63) is 44.9 Å². The summed E-state index contributed by atoms with van der Waals surface area (Å²) in [5.41, 5.74) is 1.91. The highest BCUT2D eigenvalue weighted by Crippen LogP contribution is 2.40. The van der Waals surface area contributed by atoms with E-state index in [-0.39, 0.29) is 5.69 Å². The number of nitrogens with zero attached hydrogens (tertiary/aromatic N) is 2. The summed E-state index contributed by atoms with van der Waals surface area (Å²) >= 11 is 3.42. The molecule has 0 amide bonds. The Kier molecular flexibility index (Phi) is 3.91.